The SMILES string of the molecule is COc1cc(N)c(Cl)cc1C(=O)NC1CC2CCCC(C1)N2CCC(=O)O. The van der Waals surface area contributed by atoms with Crippen molar-refractivity contribution in [3.63, 3.8) is 0 Å². The number of ether oxygens (including phenoxy) is 1. The van der Waals surface area contributed by atoms with Crippen LogP contribution in [0.2, 0.25) is 5.02 Å². The van der Waals surface area contributed by atoms with Crippen molar-refractivity contribution >= 4 is 29.2 Å². The van der Waals surface area contributed by atoms with Gasteiger partial charge in [0.15, 0.2) is 0 Å². The number of carbonyl (C=O) groups is 2. The molecule has 1 aromatic carbocycles. The number of hydrogen-bond acceptors (Lipinski definition) is 5. The zero-order valence-corrected chi connectivity index (χ0v) is 16.2. The van der Waals surface area contributed by atoms with Gasteiger partial charge in [-0.15, -0.1) is 0 Å². The van der Waals surface area contributed by atoms with Gasteiger partial charge in [-0.2, -0.15) is 0 Å². The Morgan fingerprint density at radius 3 is 2.59 bits per heavy atom. The number of piperidine rings is 2. The number of carboxylic acid groups (broad SMARTS) is 1. The first-order valence-electron chi connectivity index (χ1n) is 9.30. The average Bonchev–Trinajstić information content (AvgIpc) is 2.61. The molecule has 0 saturated carbocycles. The predicted molar refractivity (Wildman–Crippen MR) is 103 cm³/mol. The molecule has 0 aliphatic carbocycles. The lowest BCUT2D eigenvalue weighted by Gasteiger charge is -2.49. The van der Waals surface area contributed by atoms with Gasteiger partial charge in [0.05, 0.1) is 29.8 Å². The van der Waals surface area contributed by atoms with Gasteiger partial charge in [-0.3, -0.25) is 14.5 Å². The van der Waals surface area contributed by atoms with Crippen LogP contribution in [-0.2, 0) is 4.79 Å². The minimum Gasteiger partial charge on any atom is -0.496 e. The molecule has 2 aliphatic rings. The fraction of sp³-hybridized carbons (Fsp3) is 0.579. The zero-order chi connectivity index (χ0) is 19.6. The summed E-state index contributed by atoms with van der Waals surface area (Å²) in [5.74, 6) is -0.597. The van der Waals surface area contributed by atoms with Crippen LogP contribution >= 0.6 is 11.6 Å². The van der Waals surface area contributed by atoms with E-state index in [9.17, 15) is 9.59 Å². The number of carboxylic acids is 1. The summed E-state index contributed by atoms with van der Waals surface area (Å²) in [6.45, 7) is 0.576. The quantitative estimate of drug-likeness (QED) is 0.639. The lowest BCUT2D eigenvalue weighted by atomic mass is 9.81. The van der Waals surface area contributed by atoms with Crippen LogP contribution in [0, 0.1) is 0 Å². The summed E-state index contributed by atoms with van der Waals surface area (Å²) in [5.41, 5.74) is 6.52. The topological polar surface area (TPSA) is 105 Å². The number of methoxy groups -OCH3 is 1. The van der Waals surface area contributed by atoms with E-state index in [1.165, 1.54) is 13.2 Å². The van der Waals surface area contributed by atoms with Crippen molar-refractivity contribution in [2.24, 2.45) is 0 Å². The molecule has 148 valence electrons. The second kappa shape index (κ2) is 8.35. The minimum absolute atomic E-state index is 0.0508. The number of rotatable bonds is 6. The molecule has 8 heteroatoms. The molecule has 7 nitrogen and oxygen atoms in total. The standard InChI is InChI=1S/C19H26ClN3O4/c1-27-17-10-16(21)15(20)9-14(17)19(26)22-11-7-12-3-2-4-13(8-11)23(12)6-5-18(24)25/h9-13H,2-8,21H2,1H3,(H,22,26)(H,24,25). The fourth-order valence-electron chi connectivity index (χ4n) is 4.36. The number of nitrogen functional groups attached to an aromatic ring is 1. The number of nitrogens with two attached hydrogens (primary N) is 1. The lowest BCUT2D eigenvalue weighted by molar-refractivity contribution is -0.138. The van der Waals surface area contributed by atoms with Crippen molar-refractivity contribution in [2.45, 2.75) is 56.7 Å². The first-order chi connectivity index (χ1) is 12.9. The Morgan fingerprint density at radius 1 is 1.33 bits per heavy atom. The number of halogens is 1. The van der Waals surface area contributed by atoms with E-state index in [-0.39, 0.29) is 18.4 Å². The molecular formula is C19H26ClN3O4. The molecule has 2 fully saturated rings. The molecule has 0 radical (unpaired) electrons. The molecule has 4 N–H and O–H groups in total. The average molecular weight is 396 g/mol. The van der Waals surface area contributed by atoms with Gasteiger partial charge in [0.2, 0.25) is 0 Å². The highest BCUT2D eigenvalue weighted by Crippen LogP contribution is 2.35. The van der Waals surface area contributed by atoms with Crippen molar-refractivity contribution in [3.05, 3.63) is 22.7 Å². The number of anilines is 1. The highest BCUT2D eigenvalue weighted by atomic mass is 35.5. The van der Waals surface area contributed by atoms with E-state index in [1.807, 2.05) is 0 Å². The predicted octanol–water partition coefficient (Wildman–Crippen LogP) is 2.52. The van der Waals surface area contributed by atoms with Gasteiger partial charge in [-0.25, -0.2) is 0 Å². The first kappa shape index (κ1) is 19.8. The van der Waals surface area contributed by atoms with Crippen molar-refractivity contribution in [3.8, 4) is 5.75 Å². The molecule has 2 bridgehead atoms. The maximum Gasteiger partial charge on any atom is 0.304 e. The van der Waals surface area contributed by atoms with Gasteiger partial charge in [0.1, 0.15) is 5.75 Å². The smallest absolute Gasteiger partial charge is 0.304 e. The van der Waals surface area contributed by atoms with Gasteiger partial charge < -0.3 is 20.9 Å². The van der Waals surface area contributed by atoms with Crippen LogP contribution in [0.25, 0.3) is 0 Å². The Hall–Kier alpha value is -1.99. The van der Waals surface area contributed by atoms with Crippen molar-refractivity contribution in [1.82, 2.24) is 10.2 Å². The van der Waals surface area contributed by atoms with Crippen LogP contribution in [0.5, 0.6) is 5.75 Å². The van der Waals surface area contributed by atoms with Crippen LogP contribution in [0.4, 0.5) is 5.69 Å². The largest absolute Gasteiger partial charge is 0.496 e. The molecule has 0 aromatic heterocycles. The molecule has 2 heterocycles. The second-order valence-corrected chi connectivity index (χ2v) is 7.74. The monoisotopic (exact) mass is 395 g/mol. The fourth-order valence-corrected chi connectivity index (χ4v) is 4.53. The molecular weight excluding hydrogens is 370 g/mol. The third kappa shape index (κ3) is 4.47. The highest BCUT2D eigenvalue weighted by Gasteiger charge is 2.38. The van der Waals surface area contributed by atoms with Gasteiger partial charge in [-0.1, -0.05) is 18.0 Å². The van der Waals surface area contributed by atoms with E-state index in [4.69, 9.17) is 27.2 Å². The third-order valence-electron chi connectivity index (χ3n) is 5.61. The Labute approximate surface area is 163 Å². The number of nitrogens with zero attached hydrogens (tertiary/aromatic N) is 1. The second-order valence-electron chi connectivity index (χ2n) is 7.34. The molecule has 27 heavy (non-hydrogen) atoms. The van der Waals surface area contributed by atoms with E-state index in [0.717, 1.165) is 32.1 Å². The minimum atomic E-state index is -0.768. The molecule has 2 atom stereocenters. The number of amides is 1. The Morgan fingerprint density at radius 2 is 2.00 bits per heavy atom. The van der Waals surface area contributed by atoms with Gasteiger partial charge in [-0.05, 0) is 31.7 Å². The number of aliphatic carboxylic acids is 1. The van der Waals surface area contributed by atoms with E-state index < -0.39 is 5.97 Å². The summed E-state index contributed by atoms with van der Waals surface area (Å²) in [7, 11) is 1.49. The molecule has 2 aliphatic heterocycles. The Kier molecular flexibility index (Phi) is 6.11. The number of nitrogens with one attached hydrogen (secondary N) is 1. The summed E-state index contributed by atoms with van der Waals surface area (Å²) in [5, 5.41) is 12.4. The van der Waals surface area contributed by atoms with Gasteiger partial charge >= 0.3 is 5.97 Å². The third-order valence-corrected chi connectivity index (χ3v) is 5.94. The maximum atomic E-state index is 12.8. The van der Waals surface area contributed by atoms with Crippen LogP contribution in [0.3, 0.4) is 0 Å². The van der Waals surface area contributed by atoms with Crippen molar-refractivity contribution < 1.29 is 19.4 Å². The summed E-state index contributed by atoms with van der Waals surface area (Å²) in [4.78, 5) is 26.0. The van der Waals surface area contributed by atoms with Crippen LogP contribution < -0.4 is 15.8 Å². The summed E-state index contributed by atoms with van der Waals surface area (Å²) in [6.07, 6.45) is 5.05. The molecule has 1 aromatic rings. The number of fused-ring (bicyclic) bond motifs is 2. The van der Waals surface area contributed by atoms with E-state index in [0.29, 0.717) is 40.7 Å². The number of carbonyl (C=O) groups excluding carboxylic acids is 1. The molecule has 3 rings (SSSR count). The Bertz CT molecular complexity index is 713. The van der Waals surface area contributed by atoms with Crippen molar-refractivity contribution in [2.75, 3.05) is 19.4 Å². The first-order valence-corrected chi connectivity index (χ1v) is 9.68. The Balaban J connectivity index is 1.68. The highest BCUT2D eigenvalue weighted by molar-refractivity contribution is 6.33. The van der Waals surface area contributed by atoms with Crippen LogP contribution in [0.1, 0.15) is 48.9 Å². The molecule has 2 unspecified atom stereocenters. The van der Waals surface area contributed by atoms with Crippen LogP contribution in [0.15, 0.2) is 12.1 Å². The summed E-state index contributed by atoms with van der Waals surface area (Å²) < 4.78 is 5.27. The molecule has 2 saturated heterocycles. The number of benzene rings is 1. The van der Waals surface area contributed by atoms with E-state index in [2.05, 4.69) is 10.2 Å². The van der Waals surface area contributed by atoms with Gasteiger partial charge in [0, 0.05) is 30.7 Å². The summed E-state index contributed by atoms with van der Waals surface area (Å²) in [6, 6.07) is 3.78. The van der Waals surface area contributed by atoms with E-state index in [1.54, 1.807) is 6.07 Å². The molecule has 1 amide bonds. The maximum absolute atomic E-state index is 12.8. The number of hydrogen-bond donors (Lipinski definition) is 3. The molecule has 0 spiro atoms. The van der Waals surface area contributed by atoms with Crippen LogP contribution in [-0.4, -0.2) is 53.7 Å². The lowest BCUT2D eigenvalue weighted by Crippen LogP contribution is -2.57. The summed E-state index contributed by atoms with van der Waals surface area (Å²) >= 11 is 6.07. The van der Waals surface area contributed by atoms with E-state index >= 15 is 0 Å². The normalized spacial score (nSPS) is 25.0. The van der Waals surface area contributed by atoms with Crippen molar-refractivity contribution in [1.29, 1.82) is 0 Å². The zero-order valence-electron chi connectivity index (χ0n) is 15.4. The van der Waals surface area contributed by atoms with Gasteiger partial charge in [0.25, 0.3) is 5.91 Å².